The van der Waals surface area contributed by atoms with E-state index in [0.717, 1.165) is 61.8 Å². The summed E-state index contributed by atoms with van der Waals surface area (Å²) < 4.78 is 23.4. The molecule has 2 aromatic carbocycles. The SMILES string of the molecule is COc1ccc(CC[C@H]2OC(=O)[C@@H]3CCCCN3C(=O)[C@@H](C3CCCCC3)CCCCOc3cccc2c3)cc1OC. The van der Waals surface area contributed by atoms with E-state index in [0.29, 0.717) is 49.8 Å². The fourth-order valence-corrected chi connectivity index (χ4v) is 7.06. The second-order valence-corrected chi connectivity index (χ2v) is 12.1. The highest BCUT2D eigenvalue weighted by atomic mass is 16.5. The summed E-state index contributed by atoms with van der Waals surface area (Å²) in [5.74, 6) is 2.41. The number of piperidine rings is 1. The van der Waals surface area contributed by atoms with Crippen LogP contribution in [0.15, 0.2) is 42.5 Å². The Morgan fingerprint density at radius 2 is 1.62 bits per heavy atom. The molecule has 228 valence electrons. The van der Waals surface area contributed by atoms with Crippen molar-refractivity contribution < 1.29 is 28.5 Å². The van der Waals surface area contributed by atoms with Crippen LogP contribution in [0.1, 0.15) is 94.3 Å². The van der Waals surface area contributed by atoms with E-state index in [2.05, 4.69) is 0 Å². The van der Waals surface area contributed by atoms with Gasteiger partial charge in [-0.1, -0.05) is 37.5 Å². The summed E-state index contributed by atoms with van der Waals surface area (Å²) in [5, 5.41) is 0. The number of amides is 1. The Hall–Kier alpha value is -3.22. The van der Waals surface area contributed by atoms with Crippen LogP contribution in [-0.2, 0) is 20.7 Å². The molecule has 0 N–H and O–H groups in total. The van der Waals surface area contributed by atoms with Crippen molar-refractivity contribution >= 4 is 11.9 Å². The zero-order valence-electron chi connectivity index (χ0n) is 25.4. The molecule has 1 amide bonds. The number of ether oxygens (including phenoxy) is 4. The van der Waals surface area contributed by atoms with Crippen LogP contribution in [-0.4, -0.2) is 50.2 Å². The lowest BCUT2D eigenvalue weighted by molar-refractivity contribution is -0.164. The highest BCUT2D eigenvalue weighted by Crippen LogP contribution is 2.37. The Balaban J connectivity index is 1.41. The van der Waals surface area contributed by atoms with E-state index in [4.69, 9.17) is 18.9 Å². The largest absolute Gasteiger partial charge is 0.494 e. The molecule has 7 heteroatoms. The maximum Gasteiger partial charge on any atom is 0.329 e. The molecule has 2 aromatic rings. The summed E-state index contributed by atoms with van der Waals surface area (Å²) in [6, 6.07) is 13.3. The first-order valence-corrected chi connectivity index (χ1v) is 16.0. The third-order valence-electron chi connectivity index (χ3n) is 9.40. The number of esters is 1. The van der Waals surface area contributed by atoms with E-state index < -0.39 is 12.1 Å². The van der Waals surface area contributed by atoms with Crippen LogP contribution >= 0.6 is 0 Å². The van der Waals surface area contributed by atoms with Gasteiger partial charge in [0.25, 0.3) is 0 Å². The Labute approximate surface area is 250 Å². The summed E-state index contributed by atoms with van der Waals surface area (Å²) in [4.78, 5) is 30.0. The average Bonchev–Trinajstić information content (AvgIpc) is 3.04. The fourth-order valence-electron chi connectivity index (χ4n) is 7.06. The fraction of sp³-hybridized carbons (Fsp3) is 0.600. The van der Waals surface area contributed by atoms with Gasteiger partial charge in [-0.15, -0.1) is 0 Å². The maximum atomic E-state index is 14.2. The van der Waals surface area contributed by atoms with Crippen LogP contribution < -0.4 is 14.2 Å². The molecule has 1 saturated heterocycles. The smallest absolute Gasteiger partial charge is 0.329 e. The Bertz CT molecular complexity index is 1190. The lowest BCUT2D eigenvalue weighted by Crippen LogP contribution is -2.52. The minimum atomic E-state index is -0.523. The molecule has 7 nitrogen and oxygen atoms in total. The number of aryl methyl sites for hydroxylation is 1. The monoisotopic (exact) mass is 577 g/mol. The molecule has 0 spiro atoms. The van der Waals surface area contributed by atoms with E-state index in [9.17, 15) is 9.59 Å². The second kappa shape index (κ2) is 14.8. The van der Waals surface area contributed by atoms with Crippen LogP contribution in [0, 0.1) is 11.8 Å². The molecule has 0 aromatic heterocycles. The lowest BCUT2D eigenvalue weighted by atomic mass is 9.76. The van der Waals surface area contributed by atoms with Crippen molar-refractivity contribution in [1.82, 2.24) is 4.90 Å². The Morgan fingerprint density at radius 1 is 0.833 bits per heavy atom. The number of carbonyl (C=O) groups excluding carboxylic acids is 2. The van der Waals surface area contributed by atoms with Crippen molar-refractivity contribution in [3.63, 3.8) is 0 Å². The molecule has 2 aliphatic heterocycles. The van der Waals surface area contributed by atoms with E-state index in [1.54, 1.807) is 14.2 Å². The van der Waals surface area contributed by atoms with Crippen molar-refractivity contribution in [3.05, 3.63) is 53.6 Å². The molecule has 5 rings (SSSR count). The third-order valence-corrected chi connectivity index (χ3v) is 9.40. The number of hydrogen-bond donors (Lipinski definition) is 0. The van der Waals surface area contributed by atoms with Crippen molar-refractivity contribution in [2.24, 2.45) is 11.8 Å². The molecular weight excluding hydrogens is 530 g/mol. The summed E-state index contributed by atoms with van der Waals surface area (Å²) in [5.41, 5.74) is 1.97. The number of benzene rings is 2. The van der Waals surface area contributed by atoms with Gasteiger partial charge in [-0.25, -0.2) is 4.79 Å². The van der Waals surface area contributed by atoms with Crippen molar-refractivity contribution in [2.45, 2.75) is 95.6 Å². The molecule has 0 radical (unpaired) electrons. The number of methoxy groups -OCH3 is 2. The van der Waals surface area contributed by atoms with Gasteiger partial charge >= 0.3 is 5.97 Å². The van der Waals surface area contributed by atoms with Crippen LogP contribution in [0.3, 0.4) is 0 Å². The Kier molecular flexibility index (Phi) is 10.7. The predicted octanol–water partition coefficient (Wildman–Crippen LogP) is 7.06. The molecular formula is C35H47NO6. The number of carbonyl (C=O) groups is 2. The highest BCUT2D eigenvalue weighted by molar-refractivity contribution is 5.86. The molecule has 3 aliphatic rings. The van der Waals surface area contributed by atoms with Crippen LogP contribution in [0.4, 0.5) is 0 Å². The van der Waals surface area contributed by atoms with Gasteiger partial charge in [0.15, 0.2) is 11.5 Å². The van der Waals surface area contributed by atoms with Gasteiger partial charge in [0, 0.05) is 12.5 Å². The van der Waals surface area contributed by atoms with Crippen molar-refractivity contribution in [3.8, 4) is 17.2 Å². The summed E-state index contributed by atoms with van der Waals surface area (Å²) in [7, 11) is 3.25. The highest BCUT2D eigenvalue weighted by Gasteiger charge is 2.40. The molecule has 42 heavy (non-hydrogen) atoms. The number of cyclic esters (lactones) is 1. The standard InChI is InChI=1S/C35H47NO6/c1-39-32-20-18-25(23-33(32)40-2)17-19-31-27-13-10-14-28(24-27)41-22-9-7-15-29(26-11-4-3-5-12-26)34(37)36-21-8-6-16-30(36)35(38)42-31/h10,13-14,18,20,23-24,26,29-31H,3-9,11-12,15-17,19,21-22H2,1-2H3/t29-,30+,31-/m1/s1. The minimum Gasteiger partial charge on any atom is -0.494 e. The van der Waals surface area contributed by atoms with Crippen molar-refractivity contribution in [1.29, 1.82) is 0 Å². The van der Waals surface area contributed by atoms with Crippen molar-refractivity contribution in [2.75, 3.05) is 27.4 Å². The zero-order chi connectivity index (χ0) is 29.3. The van der Waals surface area contributed by atoms with Gasteiger partial charge in [0.2, 0.25) is 5.91 Å². The first-order chi connectivity index (χ1) is 20.6. The lowest BCUT2D eigenvalue weighted by Gasteiger charge is -2.39. The summed E-state index contributed by atoms with van der Waals surface area (Å²) in [6.07, 6.45) is 11.9. The van der Waals surface area contributed by atoms with E-state index >= 15 is 0 Å². The average molecular weight is 578 g/mol. The topological polar surface area (TPSA) is 74.3 Å². The second-order valence-electron chi connectivity index (χ2n) is 12.1. The number of fused-ring (bicyclic) bond motifs is 3. The molecule has 3 atom stereocenters. The van der Waals surface area contributed by atoms with Gasteiger partial charge < -0.3 is 23.8 Å². The molecule has 2 fully saturated rings. The van der Waals surface area contributed by atoms with Crippen LogP contribution in [0.5, 0.6) is 17.2 Å². The molecule has 2 bridgehead atoms. The molecule has 1 saturated carbocycles. The first kappa shape index (κ1) is 30.2. The molecule has 2 heterocycles. The van der Waals surface area contributed by atoms with Gasteiger partial charge in [-0.3, -0.25) is 4.79 Å². The minimum absolute atomic E-state index is 0.0225. The predicted molar refractivity (Wildman–Crippen MR) is 162 cm³/mol. The van der Waals surface area contributed by atoms with Crippen LogP contribution in [0.2, 0.25) is 0 Å². The van der Waals surface area contributed by atoms with Gasteiger partial charge in [0.05, 0.1) is 20.8 Å². The maximum absolute atomic E-state index is 14.2. The summed E-state index contributed by atoms with van der Waals surface area (Å²) in [6.45, 7) is 1.24. The van der Waals surface area contributed by atoms with Gasteiger partial charge in [-0.2, -0.15) is 0 Å². The zero-order valence-corrected chi connectivity index (χ0v) is 25.4. The van der Waals surface area contributed by atoms with E-state index in [1.807, 2.05) is 47.4 Å². The normalized spacial score (nSPS) is 24.4. The molecule has 0 unspecified atom stereocenters. The van der Waals surface area contributed by atoms with E-state index in [1.165, 1.54) is 19.3 Å². The number of nitrogens with zero attached hydrogens (tertiary/aromatic N) is 1. The first-order valence-electron chi connectivity index (χ1n) is 16.0. The third kappa shape index (κ3) is 7.40. The quantitative estimate of drug-likeness (QED) is 0.342. The Morgan fingerprint density at radius 3 is 2.43 bits per heavy atom. The molecule has 1 aliphatic carbocycles. The number of hydrogen-bond acceptors (Lipinski definition) is 6. The van der Waals surface area contributed by atoms with Gasteiger partial charge in [-0.05, 0) is 106 Å². The summed E-state index contributed by atoms with van der Waals surface area (Å²) >= 11 is 0. The van der Waals surface area contributed by atoms with E-state index in [-0.39, 0.29) is 17.8 Å². The number of rotatable bonds is 6. The van der Waals surface area contributed by atoms with Gasteiger partial charge in [0.1, 0.15) is 17.9 Å². The van der Waals surface area contributed by atoms with Crippen LogP contribution in [0.25, 0.3) is 0 Å².